The topological polar surface area (TPSA) is 124 Å². The van der Waals surface area contributed by atoms with Gasteiger partial charge in [-0.3, -0.25) is 14.9 Å². The summed E-state index contributed by atoms with van der Waals surface area (Å²) in [6.07, 6.45) is 5.24. The smallest absolute Gasteiger partial charge is 0.412 e. The summed E-state index contributed by atoms with van der Waals surface area (Å²) >= 11 is 6.43. The molecule has 2 aromatic carbocycles. The second-order valence-corrected chi connectivity index (χ2v) is 11.9. The van der Waals surface area contributed by atoms with Crippen LogP contribution in [-0.2, 0) is 25.6 Å². The number of benzene rings is 2. The van der Waals surface area contributed by atoms with Gasteiger partial charge in [0.05, 0.1) is 47.0 Å². The molecule has 11 nitrogen and oxygen atoms in total. The number of aromatic nitrogens is 2. The third kappa shape index (κ3) is 9.28. The molecule has 0 spiro atoms. The third-order valence-corrected chi connectivity index (χ3v) is 6.74. The molecule has 1 aliphatic heterocycles. The Morgan fingerprint density at radius 3 is 2.58 bits per heavy atom. The lowest BCUT2D eigenvalue weighted by atomic mass is 10.1. The van der Waals surface area contributed by atoms with E-state index in [1.54, 1.807) is 74.9 Å². The van der Waals surface area contributed by atoms with Gasteiger partial charge in [-0.25, -0.2) is 9.48 Å². The first-order valence-electron chi connectivity index (χ1n) is 14.1. The SMILES string of the molecule is CN(C)c1cc(NC(=O)OC(C)(C)C)c(NC(=O)CC(=O)c2cccc(-n3cc(COC4CCCCO4)cn3)c2)cc1Cl. The van der Waals surface area contributed by atoms with Crippen LogP contribution >= 0.6 is 11.6 Å². The van der Waals surface area contributed by atoms with Gasteiger partial charge in [-0.05, 0) is 64.3 Å². The molecule has 12 heteroatoms. The van der Waals surface area contributed by atoms with Crippen molar-refractivity contribution in [1.82, 2.24) is 9.78 Å². The molecule has 2 heterocycles. The Morgan fingerprint density at radius 2 is 1.88 bits per heavy atom. The van der Waals surface area contributed by atoms with Crippen LogP contribution in [-0.4, -0.2) is 60.2 Å². The average molecular weight is 612 g/mol. The van der Waals surface area contributed by atoms with Gasteiger partial charge in [-0.15, -0.1) is 0 Å². The first-order valence-corrected chi connectivity index (χ1v) is 14.5. The lowest BCUT2D eigenvalue weighted by Crippen LogP contribution is -2.28. The Hall–Kier alpha value is -3.93. The fraction of sp³-hybridized carbons (Fsp3) is 0.419. The predicted octanol–water partition coefficient (Wildman–Crippen LogP) is 6.19. The summed E-state index contributed by atoms with van der Waals surface area (Å²) in [4.78, 5) is 40.3. The zero-order chi connectivity index (χ0) is 31.1. The van der Waals surface area contributed by atoms with Crippen LogP contribution in [0.1, 0.15) is 62.4 Å². The number of nitrogens with zero attached hydrogens (tertiary/aromatic N) is 3. The highest BCUT2D eigenvalue weighted by Crippen LogP contribution is 2.35. The van der Waals surface area contributed by atoms with Crippen molar-refractivity contribution in [3.8, 4) is 5.69 Å². The molecule has 1 fully saturated rings. The fourth-order valence-electron chi connectivity index (χ4n) is 4.40. The second-order valence-electron chi connectivity index (χ2n) is 11.5. The van der Waals surface area contributed by atoms with Crippen LogP contribution in [0.3, 0.4) is 0 Å². The number of carbonyl (C=O) groups excluding carboxylic acids is 3. The predicted molar refractivity (Wildman–Crippen MR) is 165 cm³/mol. The molecule has 230 valence electrons. The van der Waals surface area contributed by atoms with E-state index in [0.29, 0.717) is 35.2 Å². The van der Waals surface area contributed by atoms with E-state index >= 15 is 0 Å². The molecule has 1 aromatic heterocycles. The third-order valence-electron chi connectivity index (χ3n) is 6.44. The van der Waals surface area contributed by atoms with Gasteiger partial charge >= 0.3 is 6.09 Å². The minimum Gasteiger partial charge on any atom is -0.444 e. The molecule has 0 aliphatic carbocycles. The summed E-state index contributed by atoms with van der Waals surface area (Å²) in [5.41, 5.74) is 2.30. The molecule has 0 bridgehead atoms. The van der Waals surface area contributed by atoms with Crippen molar-refractivity contribution in [3.05, 3.63) is 64.9 Å². The van der Waals surface area contributed by atoms with Crippen LogP contribution in [0, 0.1) is 0 Å². The van der Waals surface area contributed by atoms with Crippen molar-refractivity contribution >= 4 is 46.4 Å². The minimum atomic E-state index is -0.722. The first-order chi connectivity index (χ1) is 20.4. The molecule has 43 heavy (non-hydrogen) atoms. The summed E-state index contributed by atoms with van der Waals surface area (Å²) < 4.78 is 18.5. The highest BCUT2D eigenvalue weighted by molar-refractivity contribution is 6.34. The largest absolute Gasteiger partial charge is 0.444 e. The molecule has 1 saturated heterocycles. The molecule has 1 atom stereocenters. The molecule has 2 N–H and O–H groups in total. The number of halogens is 1. The summed E-state index contributed by atoms with van der Waals surface area (Å²) in [5.74, 6) is -0.957. The maximum Gasteiger partial charge on any atom is 0.412 e. The van der Waals surface area contributed by atoms with E-state index < -0.39 is 24.0 Å². The molecule has 1 unspecified atom stereocenters. The summed E-state index contributed by atoms with van der Waals surface area (Å²) in [5, 5.41) is 10.1. The number of ether oxygens (including phenoxy) is 3. The van der Waals surface area contributed by atoms with Crippen LogP contribution in [0.2, 0.25) is 5.02 Å². The van der Waals surface area contributed by atoms with Gasteiger partial charge in [0.2, 0.25) is 5.91 Å². The van der Waals surface area contributed by atoms with Gasteiger partial charge in [-0.1, -0.05) is 23.7 Å². The van der Waals surface area contributed by atoms with E-state index in [1.807, 2.05) is 12.3 Å². The van der Waals surface area contributed by atoms with Crippen LogP contribution in [0.4, 0.5) is 21.9 Å². The zero-order valence-electron chi connectivity index (χ0n) is 25.1. The van der Waals surface area contributed by atoms with Gasteiger partial charge in [0.15, 0.2) is 12.1 Å². The molecular weight excluding hydrogens is 574 g/mol. The van der Waals surface area contributed by atoms with Crippen LogP contribution < -0.4 is 15.5 Å². The number of carbonyl (C=O) groups is 3. The van der Waals surface area contributed by atoms with Crippen molar-refractivity contribution in [2.45, 2.75) is 65.0 Å². The zero-order valence-corrected chi connectivity index (χ0v) is 25.9. The Bertz CT molecular complexity index is 1460. The maximum atomic E-state index is 13.1. The maximum absolute atomic E-state index is 13.1. The standard InChI is InChI=1S/C31H38ClN5O6/c1-31(2,3)43-30(40)35-25-15-26(36(4)5)23(32)14-24(25)34-28(39)16-27(38)21-9-8-10-22(13-21)37-18-20(17-33-37)19-42-29-11-6-7-12-41-29/h8-10,13-15,17-18,29H,6-7,11-12,16,19H2,1-5H3,(H,34,39)(H,35,40). The minimum absolute atomic E-state index is 0.199. The van der Waals surface area contributed by atoms with Crippen LogP contribution in [0.25, 0.3) is 5.69 Å². The monoisotopic (exact) mass is 611 g/mol. The molecule has 1 aliphatic rings. The van der Waals surface area contributed by atoms with E-state index in [-0.39, 0.29) is 23.4 Å². The molecule has 2 amide bonds. The Kier molecular flexibility index (Phi) is 10.4. The summed E-state index contributed by atoms with van der Waals surface area (Å²) in [7, 11) is 3.60. The molecule has 4 rings (SSSR count). The van der Waals surface area contributed by atoms with Crippen LogP contribution in [0.15, 0.2) is 48.8 Å². The molecule has 0 radical (unpaired) electrons. The molecular formula is C31H38ClN5O6. The summed E-state index contributed by atoms with van der Waals surface area (Å²) in [6, 6.07) is 10.0. The lowest BCUT2D eigenvalue weighted by Gasteiger charge is -2.22. The Morgan fingerprint density at radius 1 is 1.12 bits per heavy atom. The quantitative estimate of drug-likeness (QED) is 0.205. The number of ketones is 1. The Balaban J connectivity index is 1.42. The van der Waals surface area contributed by atoms with Gasteiger partial charge in [0.1, 0.15) is 5.60 Å². The number of anilines is 3. The number of rotatable bonds is 10. The number of hydrogen-bond acceptors (Lipinski definition) is 8. The molecule has 3 aromatic rings. The number of hydrogen-bond donors (Lipinski definition) is 2. The average Bonchev–Trinajstić information content (AvgIpc) is 3.42. The van der Waals surface area contributed by atoms with Gasteiger partial charge in [0, 0.05) is 38.0 Å². The highest BCUT2D eigenvalue weighted by Gasteiger charge is 2.21. The number of amides is 2. The van der Waals surface area contributed by atoms with Gasteiger partial charge < -0.3 is 24.4 Å². The summed E-state index contributed by atoms with van der Waals surface area (Å²) in [6.45, 7) is 6.32. The van der Waals surface area contributed by atoms with E-state index in [1.165, 1.54) is 6.07 Å². The lowest BCUT2D eigenvalue weighted by molar-refractivity contribution is -0.168. The van der Waals surface area contributed by atoms with Crippen molar-refractivity contribution in [2.75, 3.05) is 36.2 Å². The fourth-order valence-corrected chi connectivity index (χ4v) is 4.73. The van der Waals surface area contributed by atoms with E-state index in [2.05, 4.69) is 15.7 Å². The molecule has 0 saturated carbocycles. The van der Waals surface area contributed by atoms with Crippen molar-refractivity contribution in [2.24, 2.45) is 0 Å². The van der Waals surface area contributed by atoms with Crippen molar-refractivity contribution in [3.63, 3.8) is 0 Å². The second kappa shape index (κ2) is 14.0. The van der Waals surface area contributed by atoms with Crippen molar-refractivity contribution < 1.29 is 28.6 Å². The van der Waals surface area contributed by atoms with E-state index in [0.717, 1.165) is 24.8 Å². The number of Topliss-reactive ketones (excluding diaryl/α,β-unsaturated/α-hetero) is 1. The van der Waals surface area contributed by atoms with Crippen molar-refractivity contribution in [1.29, 1.82) is 0 Å². The normalized spacial score (nSPS) is 15.1. The van der Waals surface area contributed by atoms with E-state index in [4.69, 9.17) is 25.8 Å². The highest BCUT2D eigenvalue weighted by atomic mass is 35.5. The van der Waals surface area contributed by atoms with Gasteiger partial charge in [-0.2, -0.15) is 5.10 Å². The first kappa shape index (κ1) is 32.0. The number of nitrogens with one attached hydrogen (secondary N) is 2. The van der Waals surface area contributed by atoms with E-state index in [9.17, 15) is 14.4 Å². The van der Waals surface area contributed by atoms with Gasteiger partial charge in [0.25, 0.3) is 0 Å². The Labute approximate surface area is 256 Å². The van der Waals surface area contributed by atoms with Crippen LogP contribution in [0.5, 0.6) is 0 Å².